The zero-order valence-electron chi connectivity index (χ0n) is 9.12. The number of hydrogen-bond acceptors (Lipinski definition) is 2. The van der Waals surface area contributed by atoms with Gasteiger partial charge in [0.15, 0.2) is 0 Å². The second-order valence-electron chi connectivity index (χ2n) is 3.66. The minimum Gasteiger partial charge on any atom is -0.367 e. The maximum absolute atomic E-state index is 11.7. The summed E-state index contributed by atoms with van der Waals surface area (Å²) < 4.78 is 0. The summed E-state index contributed by atoms with van der Waals surface area (Å²) in [6.45, 7) is 3.05. The lowest BCUT2D eigenvalue weighted by atomic mass is 10.0. The van der Waals surface area contributed by atoms with Crippen LogP contribution >= 0.6 is 0 Å². The molecule has 15 heavy (non-hydrogen) atoms. The zero-order valence-corrected chi connectivity index (χ0v) is 9.12. The van der Waals surface area contributed by atoms with E-state index >= 15 is 0 Å². The van der Waals surface area contributed by atoms with Gasteiger partial charge in [-0.25, -0.2) is 0 Å². The molecule has 0 aliphatic carbocycles. The fraction of sp³-hybridized carbons (Fsp3) is 0.545. The first-order chi connectivity index (χ1) is 7.27. The molecule has 1 unspecified atom stereocenters. The number of aromatic amines is 1. The summed E-state index contributed by atoms with van der Waals surface area (Å²) in [7, 11) is 0. The Morgan fingerprint density at radius 2 is 2.47 bits per heavy atom. The Morgan fingerprint density at radius 3 is 3.00 bits per heavy atom. The standard InChI is InChI=1S/C11H19N3O/c1-2-3-10(6-12)11(15)14-8-9-4-5-13-7-9/h4-5,7,10,13H,2-3,6,8,12H2,1H3,(H,14,15). The van der Waals surface area contributed by atoms with Crippen molar-refractivity contribution in [3.8, 4) is 0 Å². The lowest BCUT2D eigenvalue weighted by molar-refractivity contribution is -0.125. The van der Waals surface area contributed by atoms with E-state index in [1.165, 1.54) is 0 Å². The van der Waals surface area contributed by atoms with Gasteiger partial charge in [-0.1, -0.05) is 13.3 Å². The smallest absolute Gasteiger partial charge is 0.224 e. The molecule has 0 saturated heterocycles. The van der Waals surface area contributed by atoms with Crippen LogP contribution in [-0.2, 0) is 11.3 Å². The van der Waals surface area contributed by atoms with Gasteiger partial charge >= 0.3 is 0 Å². The molecule has 1 amide bonds. The van der Waals surface area contributed by atoms with Gasteiger partial charge in [0.1, 0.15) is 0 Å². The molecule has 4 heteroatoms. The monoisotopic (exact) mass is 209 g/mol. The predicted molar refractivity (Wildman–Crippen MR) is 60.1 cm³/mol. The minimum absolute atomic E-state index is 0.0473. The fourth-order valence-electron chi connectivity index (χ4n) is 1.51. The van der Waals surface area contributed by atoms with Crippen molar-refractivity contribution < 1.29 is 4.79 Å². The van der Waals surface area contributed by atoms with Crippen molar-refractivity contribution in [2.45, 2.75) is 26.3 Å². The molecule has 0 fully saturated rings. The summed E-state index contributed by atoms with van der Waals surface area (Å²) in [5.74, 6) is 0.00879. The van der Waals surface area contributed by atoms with Crippen molar-refractivity contribution in [1.29, 1.82) is 0 Å². The van der Waals surface area contributed by atoms with Crippen LogP contribution in [0.25, 0.3) is 0 Å². The number of nitrogens with one attached hydrogen (secondary N) is 2. The number of carbonyl (C=O) groups excluding carboxylic acids is 1. The number of aromatic nitrogens is 1. The summed E-state index contributed by atoms with van der Waals surface area (Å²) >= 11 is 0. The largest absolute Gasteiger partial charge is 0.367 e. The highest BCUT2D eigenvalue weighted by molar-refractivity contribution is 5.78. The van der Waals surface area contributed by atoms with Crippen molar-refractivity contribution in [1.82, 2.24) is 10.3 Å². The maximum Gasteiger partial charge on any atom is 0.224 e. The van der Waals surface area contributed by atoms with Gasteiger partial charge in [0, 0.05) is 25.5 Å². The molecule has 1 rings (SSSR count). The molecule has 0 aliphatic rings. The fourth-order valence-corrected chi connectivity index (χ4v) is 1.51. The number of carbonyl (C=O) groups is 1. The molecule has 84 valence electrons. The first kappa shape index (κ1) is 11.8. The molecule has 4 nitrogen and oxygen atoms in total. The Bertz CT molecular complexity index is 282. The molecule has 0 aromatic carbocycles. The van der Waals surface area contributed by atoms with Gasteiger partial charge in [0.05, 0.1) is 5.92 Å². The van der Waals surface area contributed by atoms with Crippen LogP contribution in [0.4, 0.5) is 0 Å². The van der Waals surface area contributed by atoms with E-state index in [2.05, 4.69) is 17.2 Å². The molecule has 0 spiro atoms. The third-order valence-corrected chi connectivity index (χ3v) is 2.42. The van der Waals surface area contributed by atoms with Crippen LogP contribution in [0, 0.1) is 5.92 Å². The Morgan fingerprint density at radius 1 is 1.67 bits per heavy atom. The number of hydrogen-bond donors (Lipinski definition) is 3. The van der Waals surface area contributed by atoms with Crippen molar-refractivity contribution >= 4 is 5.91 Å². The van der Waals surface area contributed by atoms with Gasteiger partial charge in [0.2, 0.25) is 5.91 Å². The maximum atomic E-state index is 11.7. The molecule has 0 radical (unpaired) electrons. The zero-order chi connectivity index (χ0) is 11.1. The summed E-state index contributed by atoms with van der Waals surface area (Å²) in [6, 6.07) is 1.94. The third kappa shape index (κ3) is 3.75. The Kier molecular flexibility index (Phi) is 4.90. The molecule has 4 N–H and O–H groups in total. The molecule has 0 aliphatic heterocycles. The van der Waals surface area contributed by atoms with E-state index in [0.29, 0.717) is 13.1 Å². The van der Waals surface area contributed by atoms with Crippen LogP contribution in [0.2, 0.25) is 0 Å². The number of rotatable bonds is 6. The SMILES string of the molecule is CCCC(CN)C(=O)NCc1cc[nH]c1. The van der Waals surface area contributed by atoms with E-state index in [9.17, 15) is 4.79 Å². The van der Waals surface area contributed by atoms with Gasteiger partial charge in [-0.05, 0) is 18.1 Å². The van der Waals surface area contributed by atoms with Crippen molar-refractivity contribution in [3.63, 3.8) is 0 Å². The Hall–Kier alpha value is -1.29. The van der Waals surface area contributed by atoms with E-state index in [1.807, 2.05) is 18.5 Å². The normalized spacial score (nSPS) is 12.4. The van der Waals surface area contributed by atoms with Crippen molar-refractivity contribution in [3.05, 3.63) is 24.0 Å². The molecule has 1 heterocycles. The van der Waals surface area contributed by atoms with Gasteiger partial charge in [-0.2, -0.15) is 0 Å². The first-order valence-electron chi connectivity index (χ1n) is 5.37. The summed E-state index contributed by atoms with van der Waals surface area (Å²) in [5.41, 5.74) is 6.62. The minimum atomic E-state index is -0.0473. The van der Waals surface area contributed by atoms with Gasteiger partial charge in [-0.15, -0.1) is 0 Å². The lowest BCUT2D eigenvalue weighted by Gasteiger charge is -2.13. The first-order valence-corrected chi connectivity index (χ1v) is 5.37. The summed E-state index contributed by atoms with van der Waals surface area (Å²) in [5, 5.41) is 2.88. The average molecular weight is 209 g/mol. The lowest BCUT2D eigenvalue weighted by Crippen LogP contribution is -2.34. The summed E-state index contributed by atoms with van der Waals surface area (Å²) in [4.78, 5) is 14.6. The topological polar surface area (TPSA) is 70.9 Å². The molecule has 0 bridgehead atoms. The quantitative estimate of drug-likeness (QED) is 0.654. The Balaban J connectivity index is 2.34. The van der Waals surface area contributed by atoms with Gasteiger partial charge < -0.3 is 16.0 Å². The molecule has 0 saturated carbocycles. The summed E-state index contributed by atoms with van der Waals surface area (Å²) in [6.07, 6.45) is 5.56. The van der Waals surface area contributed by atoms with Crippen LogP contribution in [0.3, 0.4) is 0 Å². The number of nitrogens with two attached hydrogens (primary N) is 1. The van der Waals surface area contributed by atoms with E-state index in [0.717, 1.165) is 18.4 Å². The van der Waals surface area contributed by atoms with Crippen LogP contribution in [0.1, 0.15) is 25.3 Å². The number of H-pyrrole nitrogens is 1. The van der Waals surface area contributed by atoms with Crippen LogP contribution in [0.5, 0.6) is 0 Å². The Labute approximate surface area is 90.2 Å². The molecule has 1 aromatic heterocycles. The van der Waals surface area contributed by atoms with Crippen LogP contribution in [0.15, 0.2) is 18.5 Å². The second kappa shape index (κ2) is 6.24. The molecular formula is C11H19N3O. The van der Waals surface area contributed by atoms with Crippen LogP contribution in [-0.4, -0.2) is 17.4 Å². The average Bonchev–Trinajstić information content (AvgIpc) is 2.75. The number of amides is 1. The van der Waals surface area contributed by atoms with Gasteiger partial charge in [0.25, 0.3) is 0 Å². The molecular weight excluding hydrogens is 190 g/mol. The van der Waals surface area contributed by atoms with E-state index in [1.54, 1.807) is 0 Å². The van der Waals surface area contributed by atoms with E-state index < -0.39 is 0 Å². The van der Waals surface area contributed by atoms with E-state index in [4.69, 9.17) is 5.73 Å². The predicted octanol–water partition coefficient (Wildman–Crippen LogP) is 1.01. The van der Waals surface area contributed by atoms with Crippen molar-refractivity contribution in [2.75, 3.05) is 6.54 Å². The third-order valence-electron chi connectivity index (χ3n) is 2.42. The molecule has 1 atom stereocenters. The highest BCUT2D eigenvalue weighted by atomic mass is 16.1. The highest BCUT2D eigenvalue weighted by Gasteiger charge is 2.14. The van der Waals surface area contributed by atoms with Crippen LogP contribution < -0.4 is 11.1 Å². The second-order valence-corrected chi connectivity index (χ2v) is 3.66. The highest BCUT2D eigenvalue weighted by Crippen LogP contribution is 2.05. The molecule has 1 aromatic rings. The van der Waals surface area contributed by atoms with E-state index in [-0.39, 0.29) is 11.8 Å². The van der Waals surface area contributed by atoms with Crippen molar-refractivity contribution in [2.24, 2.45) is 11.7 Å². The van der Waals surface area contributed by atoms with Gasteiger partial charge in [-0.3, -0.25) is 4.79 Å².